The maximum Gasteiger partial charge on any atom is 0.144 e. The number of hydrogen-bond donors (Lipinski definition) is 1. The fourth-order valence-electron chi connectivity index (χ4n) is 3.47. The average Bonchev–Trinajstić information content (AvgIpc) is 2.66. The summed E-state index contributed by atoms with van der Waals surface area (Å²) in [5.41, 5.74) is 1.64. The Hall–Kier alpha value is -3.33. The molecule has 0 atom stereocenters. The first-order valence-corrected chi connectivity index (χ1v) is 7.87. The molecular formula is C21H14N2O. The first kappa shape index (κ1) is 13.1. The molecule has 3 heteroatoms. The number of rotatable bonds is 0. The number of nitrogens with zero attached hydrogens (tertiary/aromatic N) is 1. The van der Waals surface area contributed by atoms with E-state index in [0.717, 1.165) is 48.8 Å². The lowest BCUT2D eigenvalue weighted by molar-refractivity contribution is 0.667. The average molecular weight is 310 g/mol. The molecule has 0 unspecified atom stereocenters. The smallest absolute Gasteiger partial charge is 0.144 e. The van der Waals surface area contributed by atoms with Gasteiger partial charge in [-0.15, -0.1) is 0 Å². The first-order valence-electron chi connectivity index (χ1n) is 7.87. The van der Waals surface area contributed by atoms with E-state index in [9.17, 15) is 0 Å². The van der Waals surface area contributed by atoms with Crippen LogP contribution in [0, 0.1) is 0 Å². The van der Waals surface area contributed by atoms with Crippen molar-refractivity contribution in [3.05, 3.63) is 78.2 Å². The Kier molecular flexibility index (Phi) is 2.65. The molecule has 3 nitrogen and oxygen atoms in total. The lowest BCUT2D eigenvalue weighted by Crippen LogP contribution is -2.08. The van der Waals surface area contributed by atoms with Gasteiger partial charge in [0.15, 0.2) is 0 Å². The molecule has 24 heavy (non-hydrogen) atoms. The molecular weight excluding hydrogens is 296 g/mol. The zero-order valence-corrected chi connectivity index (χ0v) is 12.9. The van der Waals surface area contributed by atoms with Crippen molar-refractivity contribution < 1.29 is 4.42 Å². The van der Waals surface area contributed by atoms with Crippen LogP contribution in [0.5, 0.6) is 0 Å². The van der Waals surface area contributed by atoms with E-state index in [1.807, 2.05) is 36.4 Å². The Labute approximate surface area is 137 Å². The van der Waals surface area contributed by atoms with Gasteiger partial charge in [0.05, 0.1) is 0 Å². The largest absolute Gasteiger partial charge is 0.455 e. The monoisotopic (exact) mass is 310 g/mol. The second-order valence-corrected chi connectivity index (χ2v) is 5.91. The van der Waals surface area contributed by atoms with Crippen molar-refractivity contribution in [1.29, 1.82) is 0 Å². The van der Waals surface area contributed by atoms with Crippen molar-refractivity contribution >= 4 is 43.5 Å². The summed E-state index contributed by atoms with van der Waals surface area (Å²) >= 11 is 0. The minimum Gasteiger partial charge on any atom is -0.455 e. The zero-order chi connectivity index (χ0) is 16.1. The third-order valence-electron chi connectivity index (χ3n) is 4.60. The van der Waals surface area contributed by atoms with E-state index in [1.165, 1.54) is 0 Å². The van der Waals surface area contributed by atoms with Gasteiger partial charge in [0.2, 0.25) is 0 Å². The molecule has 0 spiro atoms. The van der Waals surface area contributed by atoms with Crippen LogP contribution in [0.2, 0.25) is 0 Å². The lowest BCUT2D eigenvalue weighted by Gasteiger charge is -2.08. The minimum absolute atomic E-state index is 0.766. The maximum absolute atomic E-state index is 6.40. The molecule has 0 aliphatic rings. The van der Waals surface area contributed by atoms with Crippen molar-refractivity contribution in [3.8, 4) is 0 Å². The Morgan fingerprint density at radius 3 is 1.58 bits per heavy atom. The van der Waals surface area contributed by atoms with E-state index < -0.39 is 0 Å². The Bertz CT molecular complexity index is 1220. The van der Waals surface area contributed by atoms with Crippen LogP contribution in [0.4, 0.5) is 0 Å². The van der Waals surface area contributed by atoms with Crippen molar-refractivity contribution in [1.82, 2.24) is 0 Å². The van der Waals surface area contributed by atoms with Crippen LogP contribution >= 0.6 is 0 Å². The van der Waals surface area contributed by atoms with Crippen molar-refractivity contribution in [2.75, 3.05) is 0 Å². The molecule has 0 aliphatic carbocycles. The highest BCUT2D eigenvalue weighted by atomic mass is 16.3. The molecule has 5 aromatic rings. The maximum atomic E-state index is 6.40. The van der Waals surface area contributed by atoms with Crippen LogP contribution in [-0.4, -0.2) is 0 Å². The molecule has 0 aliphatic heterocycles. The molecule has 4 aromatic carbocycles. The van der Waals surface area contributed by atoms with Crippen LogP contribution in [0.15, 0.2) is 82.3 Å². The quantitative estimate of drug-likeness (QED) is 0.196. The van der Waals surface area contributed by atoms with Gasteiger partial charge in [-0.1, -0.05) is 60.7 Å². The van der Waals surface area contributed by atoms with Crippen molar-refractivity contribution in [2.24, 2.45) is 10.9 Å². The highest BCUT2D eigenvalue weighted by Crippen LogP contribution is 2.30. The van der Waals surface area contributed by atoms with E-state index in [4.69, 9.17) is 10.3 Å². The predicted octanol–water partition coefficient (Wildman–Crippen LogP) is 4.67. The Balaban J connectivity index is 2.15. The molecule has 0 bridgehead atoms. The summed E-state index contributed by atoms with van der Waals surface area (Å²) in [6.45, 7) is 0. The molecule has 0 amide bonds. The summed E-state index contributed by atoms with van der Waals surface area (Å²) in [4.78, 5) is 0. The molecule has 0 radical (unpaired) electrons. The number of nitrogens with two attached hydrogens (primary N) is 1. The van der Waals surface area contributed by atoms with E-state index >= 15 is 0 Å². The Morgan fingerprint density at radius 1 is 0.583 bits per heavy atom. The number of benzene rings is 4. The molecule has 5 rings (SSSR count). The van der Waals surface area contributed by atoms with Crippen molar-refractivity contribution in [3.63, 3.8) is 0 Å². The van der Waals surface area contributed by atoms with Gasteiger partial charge in [-0.25, -0.2) is 0 Å². The summed E-state index contributed by atoms with van der Waals surface area (Å²) < 4.78 is 6.40. The number of hydrogen-bond acceptors (Lipinski definition) is 3. The second kappa shape index (κ2) is 4.83. The third-order valence-corrected chi connectivity index (χ3v) is 4.60. The fourth-order valence-corrected chi connectivity index (χ4v) is 3.47. The van der Waals surface area contributed by atoms with Gasteiger partial charge in [-0.05, 0) is 22.9 Å². The standard InChI is InChI=1S/C21H14N2O/c22-23-19-17-11-9-13-5-1-3-7-15(13)20(17)24-21-16-8-4-2-6-14(16)10-12-18(19)21/h1-12H,22H2. The number of fused-ring (bicyclic) bond motifs is 6. The van der Waals surface area contributed by atoms with Crippen LogP contribution in [0.3, 0.4) is 0 Å². The van der Waals surface area contributed by atoms with Gasteiger partial charge in [0, 0.05) is 21.5 Å². The molecule has 1 aromatic heterocycles. The summed E-state index contributed by atoms with van der Waals surface area (Å²) in [5.74, 6) is 5.75. The lowest BCUT2D eigenvalue weighted by atomic mass is 10.0. The van der Waals surface area contributed by atoms with Crippen LogP contribution in [-0.2, 0) is 0 Å². The van der Waals surface area contributed by atoms with Gasteiger partial charge in [0.1, 0.15) is 16.5 Å². The fraction of sp³-hybridized carbons (Fsp3) is 0. The van der Waals surface area contributed by atoms with Crippen LogP contribution in [0.25, 0.3) is 43.5 Å². The molecule has 2 N–H and O–H groups in total. The highest BCUT2D eigenvalue weighted by Gasteiger charge is 2.11. The topological polar surface area (TPSA) is 51.5 Å². The summed E-state index contributed by atoms with van der Waals surface area (Å²) in [6, 6.07) is 24.6. The van der Waals surface area contributed by atoms with E-state index in [2.05, 4.69) is 41.5 Å². The van der Waals surface area contributed by atoms with Gasteiger partial charge in [-0.3, -0.25) is 0 Å². The van der Waals surface area contributed by atoms with E-state index in [0.29, 0.717) is 0 Å². The molecule has 1 heterocycles. The highest BCUT2D eigenvalue weighted by molar-refractivity contribution is 6.10. The third kappa shape index (κ3) is 1.69. The summed E-state index contributed by atoms with van der Waals surface area (Å²) in [7, 11) is 0. The normalized spacial score (nSPS) is 11.5. The molecule has 0 saturated heterocycles. The summed E-state index contributed by atoms with van der Waals surface area (Å²) in [5, 5.41) is 11.1. The first-order chi connectivity index (χ1) is 11.9. The van der Waals surface area contributed by atoms with Gasteiger partial charge in [-0.2, -0.15) is 5.10 Å². The van der Waals surface area contributed by atoms with E-state index in [1.54, 1.807) is 0 Å². The van der Waals surface area contributed by atoms with Gasteiger partial charge >= 0.3 is 0 Å². The van der Waals surface area contributed by atoms with Crippen LogP contribution in [0.1, 0.15) is 0 Å². The molecule has 0 saturated carbocycles. The van der Waals surface area contributed by atoms with Gasteiger partial charge in [0.25, 0.3) is 0 Å². The Morgan fingerprint density at radius 2 is 1.08 bits per heavy atom. The minimum atomic E-state index is 0.766. The second-order valence-electron chi connectivity index (χ2n) is 5.91. The molecule has 114 valence electrons. The van der Waals surface area contributed by atoms with Gasteiger partial charge < -0.3 is 10.3 Å². The predicted molar refractivity (Wildman–Crippen MR) is 98.5 cm³/mol. The molecule has 0 fully saturated rings. The van der Waals surface area contributed by atoms with Crippen molar-refractivity contribution in [2.45, 2.75) is 0 Å². The zero-order valence-electron chi connectivity index (χ0n) is 12.9. The summed E-state index contributed by atoms with van der Waals surface area (Å²) in [6.07, 6.45) is 0. The van der Waals surface area contributed by atoms with Crippen LogP contribution < -0.4 is 11.2 Å². The SMILES string of the molecule is NN=c1c2ccc3ccccc3c2oc2c1ccc1ccccc12. The van der Waals surface area contributed by atoms with E-state index in [-0.39, 0.29) is 0 Å².